The molecule has 4 nitrogen and oxygen atoms in total. The molecule has 0 saturated carbocycles. The number of aliphatic carboxylic acids is 1. The minimum Gasteiger partial charge on any atom is -0.481 e. The van der Waals surface area contributed by atoms with Crippen molar-refractivity contribution in [1.82, 2.24) is 9.78 Å². The zero-order valence-corrected chi connectivity index (χ0v) is 12.3. The van der Waals surface area contributed by atoms with E-state index < -0.39 is 5.97 Å². The van der Waals surface area contributed by atoms with Crippen LogP contribution in [-0.2, 0) is 11.2 Å². The van der Waals surface area contributed by atoms with Crippen LogP contribution in [0.15, 0.2) is 24.3 Å². The lowest BCUT2D eigenvalue weighted by Crippen LogP contribution is -2.08. The van der Waals surface area contributed by atoms with Crippen molar-refractivity contribution in [3.8, 4) is 5.69 Å². The van der Waals surface area contributed by atoms with Crippen LogP contribution in [0.25, 0.3) is 5.69 Å². The van der Waals surface area contributed by atoms with Crippen LogP contribution >= 0.6 is 0 Å². The molecule has 1 aromatic heterocycles. The summed E-state index contributed by atoms with van der Waals surface area (Å²) in [6, 6.07) is 8.01. The quantitative estimate of drug-likeness (QED) is 0.929. The van der Waals surface area contributed by atoms with E-state index in [0.29, 0.717) is 5.69 Å². The van der Waals surface area contributed by atoms with Crippen molar-refractivity contribution in [3.05, 3.63) is 46.8 Å². The van der Waals surface area contributed by atoms with Crippen LogP contribution in [0.4, 0.5) is 0 Å². The van der Waals surface area contributed by atoms with E-state index in [0.717, 1.165) is 22.5 Å². The lowest BCUT2D eigenvalue weighted by Gasteiger charge is -2.14. The highest BCUT2D eigenvalue weighted by atomic mass is 16.4. The van der Waals surface area contributed by atoms with E-state index in [1.807, 2.05) is 42.8 Å². The molecular weight excluding hydrogens is 252 g/mol. The number of aryl methyl sites for hydroxylation is 2. The second-order valence-electron chi connectivity index (χ2n) is 5.44. The number of rotatable bonds is 4. The average Bonchev–Trinajstić information content (AvgIpc) is 2.71. The molecule has 0 bridgehead atoms. The molecule has 1 N–H and O–H groups in total. The van der Waals surface area contributed by atoms with E-state index in [2.05, 4.69) is 18.9 Å². The number of benzene rings is 1. The number of hydrogen-bond acceptors (Lipinski definition) is 2. The molecule has 0 aliphatic carbocycles. The van der Waals surface area contributed by atoms with Crippen LogP contribution in [0.5, 0.6) is 0 Å². The number of hydrogen-bond donors (Lipinski definition) is 1. The van der Waals surface area contributed by atoms with E-state index in [9.17, 15) is 4.79 Å². The van der Waals surface area contributed by atoms with Gasteiger partial charge in [-0.1, -0.05) is 32.0 Å². The SMILES string of the molecule is Cc1cccc(C)c1-n1nc(CC(=O)O)cc1C(C)C. The van der Waals surface area contributed by atoms with Crippen molar-refractivity contribution in [2.75, 3.05) is 0 Å². The normalized spacial score (nSPS) is 11.1. The number of carboxylic acid groups (broad SMARTS) is 1. The van der Waals surface area contributed by atoms with E-state index >= 15 is 0 Å². The van der Waals surface area contributed by atoms with Gasteiger partial charge < -0.3 is 5.11 Å². The molecule has 1 heterocycles. The molecule has 0 fully saturated rings. The third-order valence-corrected chi connectivity index (χ3v) is 3.36. The molecule has 0 atom stereocenters. The molecule has 0 spiro atoms. The van der Waals surface area contributed by atoms with Gasteiger partial charge in [0, 0.05) is 5.69 Å². The van der Waals surface area contributed by atoms with Crippen molar-refractivity contribution in [2.24, 2.45) is 0 Å². The minimum atomic E-state index is -0.855. The van der Waals surface area contributed by atoms with Crippen molar-refractivity contribution >= 4 is 5.97 Å². The van der Waals surface area contributed by atoms with Gasteiger partial charge >= 0.3 is 5.97 Å². The Bertz CT molecular complexity index is 622. The van der Waals surface area contributed by atoms with E-state index in [1.54, 1.807) is 0 Å². The predicted octanol–water partition coefficient (Wildman–Crippen LogP) is 3.24. The van der Waals surface area contributed by atoms with Crippen LogP contribution in [0.2, 0.25) is 0 Å². The molecule has 4 heteroatoms. The van der Waals surface area contributed by atoms with Gasteiger partial charge in [0.2, 0.25) is 0 Å². The fraction of sp³-hybridized carbons (Fsp3) is 0.375. The molecule has 0 saturated heterocycles. The highest BCUT2D eigenvalue weighted by Gasteiger charge is 2.16. The van der Waals surface area contributed by atoms with Crippen LogP contribution in [-0.4, -0.2) is 20.9 Å². The molecule has 1 aromatic carbocycles. The molecule has 106 valence electrons. The number of carbonyl (C=O) groups is 1. The maximum atomic E-state index is 10.9. The van der Waals surface area contributed by atoms with Gasteiger partial charge in [-0.15, -0.1) is 0 Å². The lowest BCUT2D eigenvalue weighted by molar-refractivity contribution is -0.136. The Labute approximate surface area is 119 Å². The van der Waals surface area contributed by atoms with E-state index in [4.69, 9.17) is 5.11 Å². The van der Waals surface area contributed by atoms with Crippen LogP contribution in [0, 0.1) is 13.8 Å². The zero-order chi connectivity index (χ0) is 14.9. The Morgan fingerprint density at radius 2 is 1.90 bits per heavy atom. The maximum absolute atomic E-state index is 10.9. The summed E-state index contributed by atoms with van der Waals surface area (Å²) in [6.07, 6.45) is -0.0440. The van der Waals surface area contributed by atoms with Gasteiger partial charge in [0.1, 0.15) is 0 Å². The summed E-state index contributed by atoms with van der Waals surface area (Å²) in [5.74, 6) is -0.574. The first-order valence-corrected chi connectivity index (χ1v) is 6.77. The van der Waals surface area contributed by atoms with Gasteiger partial charge in [-0.3, -0.25) is 4.79 Å². The van der Waals surface area contributed by atoms with Crippen molar-refractivity contribution in [2.45, 2.75) is 40.0 Å². The fourth-order valence-electron chi connectivity index (χ4n) is 2.42. The number of para-hydroxylation sites is 1. The van der Waals surface area contributed by atoms with Gasteiger partial charge in [0.15, 0.2) is 0 Å². The molecule has 2 aromatic rings. The topological polar surface area (TPSA) is 55.1 Å². The fourth-order valence-corrected chi connectivity index (χ4v) is 2.42. The Morgan fingerprint density at radius 1 is 1.30 bits per heavy atom. The molecule has 0 aliphatic heterocycles. The Hall–Kier alpha value is -2.10. The molecule has 2 rings (SSSR count). The third kappa shape index (κ3) is 2.74. The van der Waals surface area contributed by atoms with Crippen LogP contribution in [0.1, 0.15) is 42.3 Å². The minimum absolute atomic E-state index is 0.0440. The Kier molecular flexibility index (Phi) is 3.93. The highest BCUT2D eigenvalue weighted by Crippen LogP contribution is 2.25. The van der Waals surface area contributed by atoms with Gasteiger partial charge in [-0.05, 0) is 37.0 Å². The summed E-state index contributed by atoms with van der Waals surface area (Å²) in [7, 11) is 0. The first-order valence-electron chi connectivity index (χ1n) is 6.77. The van der Waals surface area contributed by atoms with Gasteiger partial charge in [-0.2, -0.15) is 5.10 Å². The first-order chi connectivity index (χ1) is 9.40. The highest BCUT2D eigenvalue weighted by molar-refractivity contribution is 5.69. The van der Waals surface area contributed by atoms with E-state index in [1.165, 1.54) is 0 Å². The molecular formula is C16H20N2O2. The third-order valence-electron chi connectivity index (χ3n) is 3.36. The number of nitrogens with zero attached hydrogens (tertiary/aromatic N) is 2. The van der Waals surface area contributed by atoms with Crippen LogP contribution in [0.3, 0.4) is 0 Å². The summed E-state index contributed by atoms with van der Waals surface area (Å²) < 4.78 is 1.90. The maximum Gasteiger partial charge on any atom is 0.309 e. The van der Waals surface area contributed by atoms with Crippen LogP contribution < -0.4 is 0 Å². The second kappa shape index (κ2) is 5.49. The Balaban J connectivity index is 2.60. The Morgan fingerprint density at radius 3 is 2.40 bits per heavy atom. The summed E-state index contributed by atoms with van der Waals surface area (Å²) in [4.78, 5) is 10.9. The van der Waals surface area contributed by atoms with E-state index in [-0.39, 0.29) is 12.3 Å². The molecule has 0 unspecified atom stereocenters. The van der Waals surface area contributed by atoms with Gasteiger partial charge in [-0.25, -0.2) is 4.68 Å². The lowest BCUT2D eigenvalue weighted by atomic mass is 10.1. The van der Waals surface area contributed by atoms with Crippen molar-refractivity contribution < 1.29 is 9.90 Å². The summed E-state index contributed by atoms with van der Waals surface area (Å²) in [5, 5.41) is 13.4. The predicted molar refractivity (Wildman–Crippen MR) is 78.5 cm³/mol. The monoisotopic (exact) mass is 272 g/mol. The number of carboxylic acids is 1. The van der Waals surface area contributed by atoms with Gasteiger partial charge in [0.05, 0.1) is 17.8 Å². The number of aromatic nitrogens is 2. The molecule has 0 amide bonds. The van der Waals surface area contributed by atoms with Gasteiger partial charge in [0.25, 0.3) is 0 Å². The second-order valence-corrected chi connectivity index (χ2v) is 5.44. The largest absolute Gasteiger partial charge is 0.481 e. The standard InChI is InChI=1S/C16H20N2O2/c1-10(2)14-8-13(9-15(19)20)17-18(14)16-11(3)6-5-7-12(16)4/h5-8,10H,9H2,1-4H3,(H,19,20). The average molecular weight is 272 g/mol. The summed E-state index contributed by atoms with van der Waals surface area (Å²) in [6.45, 7) is 8.27. The van der Waals surface area contributed by atoms with Crippen molar-refractivity contribution in [1.29, 1.82) is 0 Å². The first kappa shape index (κ1) is 14.3. The summed E-state index contributed by atoms with van der Waals surface area (Å²) >= 11 is 0. The molecule has 0 radical (unpaired) electrons. The molecule has 20 heavy (non-hydrogen) atoms. The zero-order valence-electron chi connectivity index (χ0n) is 12.3. The summed E-state index contributed by atoms with van der Waals surface area (Å²) in [5.41, 5.74) is 4.96. The molecule has 0 aliphatic rings. The van der Waals surface area contributed by atoms with Crippen molar-refractivity contribution in [3.63, 3.8) is 0 Å². The smallest absolute Gasteiger partial charge is 0.309 e.